The van der Waals surface area contributed by atoms with Crippen LogP contribution < -0.4 is 0 Å². The van der Waals surface area contributed by atoms with Crippen molar-refractivity contribution < 1.29 is 23.1 Å². The summed E-state index contributed by atoms with van der Waals surface area (Å²) in [5, 5.41) is 10.3. The molecule has 148 valence electrons. The first kappa shape index (κ1) is 18.7. The van der Waals surface area contributed by atoms with Gasteiger partial charge in [-0.2, -0.15) is 13.2 Å². The van der Waals surface area contributed by atoms with E-state index < -0.39 is 17.7 Å². The van der Waals surface area contributed by atoms with E-state index in [1.807, 2.05) is 0 Å². The molecule has 0 unspecified atom stereocenters. The molecular formula is C20H15F3N4O2. The highest BCUT2D eigenvalue weighted by Gasteiger charge is 2.32. The molecule has 4 rings (SSSR count). The maximum Gasteiger partial charge on any atom is 0.416 e. The molecule has 0 aliphatic carbocycles. The molecule has 0 aliphatic heterocycles. The Morgan fingerprint density at radius 3 is 2.62 bits per heavy atom. The fraction of sp³-hybridized carbons (Fsp3) is 0.150. The van der Waals surface area contributed by atoms with Crippen molar-refractivity contribution in [3.63, 3.8) is 0 Å². The largest absolute Gasteiger partial charge is 0.477 e. The summed E-state index contributed by atoms with van der Waals surface area (Å²) in [6.45, 7) is 1.80. The molecule has 0 saturated heterocycles. The first-order valence-corrected chi connectivity index (χ1v) is 8.75. The van der Waals surface area contributed by atoms with Crippen LogP contribution in [-0.4, -0.2) is 31.0 Å². The lowest BCUT2D eigenvalue weighted by Gasteiger charge is -2.12. The van der Waals surface area contributed by atoms with Crippen LogP contribution >= 0.6 is 0 Å². The van der Waals surface area contributed by atoms with Crippen molar-refractivity contribution in [1.29, 1.82) is 0 Å². The van der Waals surface area contributed by atoms with Gasteiger partial charge in [0, 0.05) is 17.1 Å². The minimum atomic E-state index is -4.53. The van der Waals surface area contributed by atoms with Gasteiger partial charge in [0.15, 0.2) is 0 Å². The maximum atomic E-state index is 13.2. The lowest BCUT2D eigenvalue weighted by Crippen LogP contribution is -2.06. The van der Waals surface area contributed by atoms with Gasteiger partial charge >= 0.3 is 12.1 Å². The zero-order valence-corrected chi connectivity index (χ0v) is 15.1. The maximum absolute atomic E-state index is 13.2. The fourth-order valence-electron chi connectivity index (χ4n) is 3.36. The second-order valence-corrected chi connectivity index (χ2v) is 6.46. The number of fused-ring (bicyclic) bond motifs is 1. The van der Waals surface area contributed by atoms with Gasteiger partial charge in [-0.1, -0.05) is 13.0 Å². The van der Waals surface area contributed by atoms with Gasteiger partial charge in [-0.15, -0.1) is 0 Å². The van der Waals surface area contributed by atoms with E-state index in [1.165, 1.54) is 18.5 Å². The molecule has 0 radical (unpaired) electrons. The smallest absolute Gasteiger partial charge is 0.416 e. The number of hydrogen-bond donors (Lipinski definition) is 3. The number of aromatic amines is 2. The third kappa shape index (κ3) is 3.24. The Bertz CT molecular complexity index is 1220. The number of aromatic carboxylic acids is 1. The second-order valence-electron chi connectivity index (χ2n) is 6.46. The molecule has 0 amide bonds. The number of nitrogens with one attached hydrogen (secondary N) is 2. The van der Waals surface area contributed by atoms with Crippen LogP contribution in [0.3, 0.4) is 0 Å². The van der Waals surface area contributed by atoms with Gasteiger partial charge in [-0.05, 0) is 41.8 Å². The third-order valence-corrected chi connectivity index (χ3v) is 4.75. The summed E-state index contributed by atoms with van der Waals surface area (Å²) >= 11 is 0. The van der Waals surface area contributed by atoms with Gasteiger partial charge in [0.1, 0.15) is 17.7 Å². The minimum Gasteiger partial charge on any atom is -0.477 e. The number of rotatable bonds is 4. The van der Waals surface area contributed by atoms with E-state index in [9.17, 15) is 23.1 Å². The average Bonchev–Trinajstić information content (AvgIpc) is 3.33. The molecule has 9 heteroatoms. The molecule has 4 aromatic rings. The summed E-state index contributed by atoms with van der Waals surface area (Å²) in [5.41, 5.74) is 1.38. The van der Waals surface area contributed by atoms with Crippen molar-refractivity contribution in [3.8, 4) is 22.5 Å². The Hall–Kier alpha value is -3.62. The van der Waals surface area contributed by atoms with Gasteiger partial charge in [0.05, 0.1) is 17.0 Å². The highest BCUT2D eigenvalue weighted by Crippen LogP contribution is 2.37. The fourth-order valence-corrected chi connectivity index (χ4v) is 3.36. The first-order chi connectivity index (χ1) is 13.8. The van der Waals surface area contributed by atoms with Crippen LogP contribution in [0.1, 0.15) is 28.5 Å². The molecule has 0 atom stereocenters. The zero-order valence-electron chi connectivity index (χ0n) is 15.1. The summed E-state index contributed by atoms with van der Waals surface area (Å²) in [7, 11) is 0. The van der Waals surface area contributed by atoms with Crippen LogP contribution in [0, 0.1) is 0 Å². The Labute approximate surface area is 162 Å². The Balaban J connectivity index is 1.96. The summed E-state index contributed by atoms with van der Waals surface area (Å²) in [5.74, 6) is -1.27. The molecule has 6 nitrogen and oxygen atoms in total. The van der Waals surface area contributed by atoms with Gasteiger partial charge in [0.25, 0.3) is 0 Å². The Morgan fingerprint density at radius 1 is 1.14 bits per heavy atom. The van der Waals surface area contributed by atoms with E-state index in [1.54, 1.807) is 19.2 Å². The molecule has 0 saturated carbocycles. The van der Waals surface area contributed by atoms with Gasteiger partial charge in [0.2, 0.25) is 0 Å². The quantitative estimate of drug-likeness (QED) is 0.454. The topological polar surface area (TPSA) is 94.7 Å². The number of alkyl halides is 3. The molecule has 3 heterocycles. The van der Waals surface area contributed by atoms with Crippen LogP contribution in [0.2, 0.25) is 0 Å². The summed E-state index contributed by atoms with van der Waals surface area (Å²) in [6.07, 6.45) is -1.08. The average molecular weight is 400 g/mol. The van der Waals surface area contributed by atoms with Crippen molar-refractivity contribution in [1.82, 2.24) is 19.9 Å². The number of carboxylic acid groups (broad SMARTS) is 1. The van der Waals surface area contributed by atoms with Crippen LogP contribution in [0.25, 0.3) is 33.5 Å². The van der Waals surface area contributed by atoms with E-state index in [2.05, 4.69) is 19.9 Å². The number of H-pyrrole nitrogens is 2. The SMILES string of the molecule is CCc1ccc(C(F)(F)F)cc1-c1cc(-c2ncnc3[nH]ccc23)[nH]c1C(=O)O. The van der Waals surface area contributed by atoms with Gasteiger partial charge < -0.3 is 15.1 Å². The Morgan fingerprint density at radius 2 is 1.93 bits per heavy atom. The summed E-state index contributed by atoms with van der Waals surface area (Å²) in [4.78, 5) is 25.9. The number of halogens is 3. The van der Waals surface area contributed by atoms with Crippen molar-refractivity contribution in [2.24, 2.45) is 0 Å². The normalized spacial score (nSPS) is 11.9. The molecule has 1 aromatic carbocycles. The molecule has 0 bridgehead atoms. The lowest BCUT2D eigenvalue weighted by atomic mass is 9.95. The third-order valence-electron chi connectivity index (χ3n) is 4.75. The molecule has 0 spiro atoms. The van der Waals surface area contributed by atoms with E-state index in [0.717, 1.165) is 12.1 Å². The number of hydrogen-bond acceptors (Lipinski definition) is 3. The van der Waals surface area contributed by atoms with Crippen molar-refractivity contribution in [2.45, 2.75) is 19.5 Å². The second kappa shape index (κ2) is 6.77. The predicted molar refractivity (Wildman–Crippen MR) is 100 cm³/mol. The number of nitrogens with zero attached hydrogens (tertiary/aromatic N) is 2. The van der Waals surface area contributed by atoms with Crippen molar-refractivity contribution in [2.75, 3.05) is 0 Å². The molecule has 3 aromatic heterocycles. The lowest BCUT2D eigenvalue weighted by molar-refractivity contribution is -0.137. The first-order valence-electron chi connectivity index (χ1n) is 8.75. The molecule has 0 fully saturated rings. The van der Waals surface area contributed by atoms with Gasteiger partial charge in [-0.25, -0.2) is 14.8 Å². The van der Waals surface area contributed by atoms with E-state index >= 15 is 0 Å². The van der Waals surface area contributed by atoms with Crippen LogP contribution in [0.15, 0.2) is 42.9 Å². The van der Waals surface area contributed by atoms with E-state index in [0.29, 0.717) is 34.4 Å². The molecular weight excluding hydrogens is 385 g/mol. The van der Waals surface area contributed by atoms with Crippen molar-refractivity contribution in [3.05, 3.63) is 59.7 Å². The highest BCUT2D eigenvalue weighted by atomic mass is 19.4. The number of benzene rings is 1. The van der Waals surface area contributed by atoms with E-state index in [4.69, 9.17) is 0 Å². The number of aryl methyl sites for hydroxylation is 1. The van der Waals surface area contributed by atoms with Gasteiger partial charge in [-0.3, -0.25) is 0 Å². The highest BCUT2D eigenvalue weighted by molar-refractivity contribution is 5.98. The van der Waals surface area contributed by atoms with Crippen LogP contribution in [-0.2, 0) is 12.6 Å². The number of carboxylic acids is 1. The van der Waals surface area contributed by atoms with Crippen LogP contribution in [0.4, 0.5) is 13.2 Å². The minimum absolute atomic E-state index is 0.178. The monoisotopic (exact) mass is 400 g/mol. The number of aromatic nitrogens is 4. The number of carbonyl (C=O) groups is 1. The predicted octanol–water partition coefficient (Wildman–Crippen LogP) is 4.90. The summed E-state index contributed by atoms with van der Waals surface area (Å²) < 4.78 is 39.7. The molecule has 0 aliphatic rings. The van der Waals surface area contributed by atoms with E-state index in [-0.39, 0.29) is 16.8 Å². The standard InChI is InChI=1S/C20H15F3N4O2/c1-2-10-3-4-11(20(21,22)23)7-13(10)14-8-15(27-17(14)19(28)29)16-12-5-6-24-18(12)26-9-25-16/h3-9,27H,2H2,1H3,(H,28,29)(H,24,25,26). The Kier molecular flexibility index (Phi) is 4.37. The summed E-state index contributed by atoms with van der Waals surface area (Å²) in [6, 6.07) is 6.64. The van der Waals surface area contributed by atoms with Crippen molar-refractivity contribution >= 4 is 17.0 Å². The zero-order chi connectivity index (χ0) is 20.8. The molecule has 29 heavy (non-hydrogen) atoms. The van der Waals surface area contributed by atoms with Crippen LogP contribution in [0.5, 0.6) is 0 Å². The molecule has 3 N–H and O–H groups in total.